The van der Waals surface area contributed by atoms with Gasteiger partial charge in [-0.1, -0.05) is 13.0 Å². The lowest BCUT2D eigenvalue weighted by molar-refractivity contribution is 0.342. The van der Waals surface area contributed by atoms with Crippen molar-refractivity contribution in [1.29, 1.82) is 0 Å². The van der Waals surface area contributed by atoms with Crippen molar-refractivity contribution < 1.29 is 4.74 Å². The summed E-state index contributed by atoms with van der Waals surface area (Å²) >= 11 is 0. The molecular formula is C13H20N2O. The van der Waals surface area contributed by atoms with Crippen molar-refractivity contribution in [3.63, 3.8) is 0 Å². The van der Waals surface area contributed by atoms with Crippen LogP contribution in [0.5, 0.6) is 5.75 Å². The third-order valence-corrected chi connectivity index (χ3v) is 3.05. The Bertz CT molecular complexity index is 352. The first-order valence-corrected chi connectivity index (χ1v) is 6.08. The van der Waals surface area contributed by atoms with Crippen LogP contribution in [0.4, 0.5) is 11.4 Å². The Kier molecular flexibility index (Phi) is 3.54. The topological polar surface area (TPSA) is 33.3 Å². The molecule has 3 nitrogen and oxygen atoms in total. The average Bonchev–Trinajstić information content (AvgIpc) is 2.52. The summed E-state index contributed by atoms with van der Waals surface area (Å²) in [5.74, 6) is 1.63. The number of hydrogen-bond donors (Lipinski definition) is 2. The minimum Gasteiger partial charge on any atom is -0.492 e. The Morgan fingerprint density at radius 2 is 2.06 bits per heavy atom. The van der Waals surface area contributed by atoms with Crippen LogP contribution in [0, 0.1) is 5.92 Å². The molecule has 0 aliphatic carbocycles. The van der Waals surface area contributed by atoms with Crippen LogP contribution in [0.2, 0.25) is 0 Å². The van der Waals surface area contributed by atoms with Gasteiger partial charge in [0.1, 0.15) is 11.4 Å². The smallest absolute Gasteiger partial charge is 0.144 e. The van der Waals surface area contributed by atoms with E-state index < -0.39 is 0 Å². The maximum atomic E-state index is 5.63. The molecule has 1 heterocycles. The van der Waals surface area contributed by atoms with Gasteiger partial charge in [-0.15, -0.1) is 0 Å². The second kappa shape index (κ2) is 5.10. The van der Waals surface area contributed by atoms with Crippen LogP contribution in [0.1, 0.15) is 20.3 Å². The first-order valence-electron chi connectivity index (χ1n) is 6.08. The molecule has 0 spiro atoms. The minimum atomic E-state index is 0.682. The molecule has 0 saturated heterocycles. The third kappa shape index (κ3) is 2.23. The Labute approximate surface area is 97.2 Å². The number of ether oxygens (including phenoxy) is 1. The summed E-state index contributed by atoms with van der Waals surface area (Å²) in [7, 11) is 0. The Balaban J connectivity index is 2.23. The van der Waals surface area contributed by atoms with Gasteiger partial charge in [0, 0.05) is 13.1 Å². The van der Waals surface area contributed by atoms with E-state index in [0.717, 1.165) is 30.2 Å². The molecule has 0 saturated carbocycles. The normalized spacial score (nSPS) is 19.0. The van der Waals surface area contributed by atoms with Gasteiger partial charge in [-0.25, -0.2) is 0 Å². The van der Waals surface area contributed by atoms with E-state index in [1.54, 1.807) is 0 Å². The molecular weight excluding hydrogens is 200 g/mol. The number of fused-ring (bicyclic) bond motifs is 1. The van der Waals surface area contributed by atoms with Gasteiger partial charge < -0.3 is 15.4 Å². The molecule has 0 amide bonds. The summed E-state index contributed by atoms with van der Waals surface area (Å²) in [5.41, 5.74) is 2.27. The van der Waals surface area contributed by atoms with E-state index in [1.165, 1.54) is 6.42 Å². The summed E-state index contributed by atoms with van der Waals surface area (Å²) in [6.45, 7) is 6.99. The molecule has 0 bridgehead atoms. The molecule has 1 aliphatic heterocycles. The SMILES string of the molecule is CCOc1cccc2c1NCC(CC)CN2. The molecule has 88 valence electrons. The lowest BCUT2D eigenvalue weighted by atomic mass is 10.1. The van der Waals surface area contributed by atoms with Crippen molar-refractivity contribution in [3.05, 3.63) is 18.2 Å². The zero-order chi connectivity index (χ0) is 11.4. The average molecular weight is 220 g/mol. The van der Waals surface area contributed by atoms with Crippen LogP contribution in [-0.2, 0) is 0 Å². The molecule has 1 atom stereocenters. The van der Waals surface area contributed by atoms with Gasteiger partial charge in [0.15, 0.2) is 0 Å². The van der Waals surface area contributed by atoms with Gasteiger partial charge in [0.25, 0.3) is 0 Å². The maximum Gasteiger partial charge on any atom is 0.144 e. The van der Waals surface area contributed by atoms with E-state index >= 15 is 0 Å². The van der Waals surface area contributed by atoms with Gasteiger partial charge >= 0.3 is 0 Å². The number of benzene rings is 1. The fourth-order valence-corrected chi connectivity index (χ4v) is 2.00. The highest BCUT2D eigenvalue weighted by Gasteiger charge is 2.16. The van der Waals surface area contributed by atoms with Crippen LogP contribution in [0.15, 0.2) is 18.2 Å². The number of anilines is 2. The van der Waals surface area contributed by atoms with Gasteiger partial charge in [0.05, 0.1) is 12.3 Å². The van der Waals surface area contributed by atoms with Crippen molar-refractivity contribution in [2.75, 3.05) is 30.3 Å². The van der Waals surface area contributed by atoms with Crippen molar-refractivity contribution in [3.8, 4) is 5.75 Å². The van der Waals surface area contributed by atoms with E-state index in [0.29, 0.717) is 12.5 Å². The van der Waals surface area contributed by atoms with Crippen LogP contribution < -0.4 is 15.4 Å². The zero-order valence-corrected chi connectivity index (χ0v) is 10.0. The van der Waals surface area contributed by atoms with Crippen molar-refractivity contribution in [2.24, 2.45) is 5.92 Å². The largest absolute Gasteiger partial charge is 0.492 e. The molecule has 1 aromatic rings. The lowest BCUT2D eigenvalue weighted by Gasteiger charge is -2.13. The quantitative estimate of drug-likeness (QED) is 0.821. The van der Waals surface area contributed by atoms with Gasteiger partial charge in [-0.2, -0.15) is 0 Å². The molecule has 3 heteroatoms. The lowest BCUT2D eigenvalue weighted by Crippen LogP contribution is -2.17. The summed E-state index contributed by atoms with van der Waals surface area (Å²) in [4.78, 5) is 0. The van der Waals surface area contributed by atoms with E-state index in [-0.39, 0.29) is 0 Å². The highest BCUT2D eigenvalue weighted by molar-refractivity contribution is 5.76. The maximum absolute atomic E-state index is 5.63. The predicted octanol–water partition coefficient (Wildman–Crippen LogP) is 2.95. The first kappa shape index (κ1) is 11.1. The van der Waals surface area contributed by atoms with E-state index in [1.807, 2.05) is 19.1 Å². The van der Waals surface area contributed by atoms with Gasteiger partial charge in [-0.3, -0.25) is 0 Å². The second-order valence-electron chi connectivity index (χ2n) is 4.15. The van der Waals surface area contributed by atoms with Crippen molar-refractivity contribution >= 4 is 11.4 Å². The first-order chi connectivity index (χ1) is 7.85. The van der Waals surface area contributed by atoms with Gasteiger partial charge in [0.2, 0.25) is 0 Å². The van der Waals surface area contributed by atoms with Crippen LogP contribution >= 0.6 is 0 Å². The number of hydrogen-bond acceptors (Lipinski definition) is 3. The van der Waals surface area contributed by atoms with Crippen molar-refractivity contribution in [1.82, 2.24) is 0 Å². The molecule has 1 unspecified atom stereocenters. The fraction of sp³-hybridized carbons (Fsp3) is 0.538. The van der Waals surface area contributed by atoms with Crippen LogP contribution in [0.3, 0.4) is 0 Å². The number of rotatable bonds is 3. The summed E-state index contributed by atoms with van der Waals surface area (Å²) in [6, 6.07) is 6.15. The summed E-state index contributed by atoms with van der Waals surface area (Å²) in [6.07, 6.45) is 1.19. The Morgan fingerprint density at radius 3 is 2.81 bits per heavy atom. The molecule has 0 fully saturated rings. The van der Waals surface area contributed by atoms with E-state index in [4.69, 9.17) is 4.74 Å². The predicted molar refractivity (Wildman–Crippen MR) is 68.4 cm³/mol. The highest BCUT2D eigenvalue weighted by Crippen LogP contribution is 2.34. The molecule has 0 radical (unpaired) electrons. The summed E-state index contributed by atoms with van der Waals surface area (Å²) < 4.78 is 5.63. The molecule has 2 N–H and O–H groups in total. The Morgan fingerprint density at radius 1 is 1.25 bits per heavy atom. The number of para-hydroxylation sites is 1. The van der Waals surface area contributed by atoms with Crippen molar-refractivity contribution in [2.45, 2.75) is 20.3 Å². The third-order valence-electron chi connectivity index (χ3n) is 3.05. The van der Waals surface area contributed by atoms with E-state index in [9.17, 15) is 0 Å². The Hall–Kier alpha value is -1.38. The van der Waals surface area contributed by atoms with Crippen LogP contribution in [-0.4, -0.2) is 19.7 Å². The second-order valence-corrected chi connectivity index (χ2v) is 4.15. The standard InChI is InChI=1S/C13H20N2O/c1-3-10-8-14-11-6-5-7-12(16-4-2)13(11)15-9-10/h5-7,10,14-15H,3-4,8-9H2,1-2H3. The summed E-state index contributed by atoms with van der Waals surface area (Å²) in [5, 5.41) is 6.97. The fourth-order valence-electron chi connectivity index (χ4n) is 2.00. The minimum absolute atomic E-state index is 0.682. The van der Waals surface area contributed by atoms with Crippen LogP contribution in [0.25, 0.3) is 0 Å². The molecule has 0 aromatic heterocycles. The van der Waals surface area contributed by atoms with Gasteiger partial charge in [-0.05, 0) is 31.4 Å². The number of nitrogens with one attached hydrogen (secondary N) is 2. The monoisotopic (exact) mass is 220 g/mol. The van der Waals surface area contributed by atoms with E-state index in [2.05, 4.69) is 23.6 Å². The molecule has 1 aromatic carbocycles. The highest BCUT2D eigenvalue weighted by atomic mass is 16.5. The zero-order valence-electron chi connectivity index (χ0n) is 10.0. The molecule has 2 rings (SSSR count). The molecule has 16 heavy (non-hydrogen) atoms. The molecule has 1 aliphatic rings.